The smallest absolute Gasteiger partial charge is 0.872 e. The summed E-state index contributed by atoms with van der Waals surface area (Å²) in [6, 6.07) is 9.09. The van der Waals surface area contributed by atoms with Gasteiger partial charge in [-0.05, 0) is 48.9 Å². The molecule has 2 rings (SSSR count). The van der Waals surface area contributed by atoms with Crippen LogP contribution >= 0.6 is 0 Å². The quantitative estimate of drug-likeness (QED) is 0.0866. The Hall–Kier alpha value is -1.76. The summed E-state index contributed by atoms with van der Waals surface area (Å²) in [5.74, 6) is -2.29. The normalized spacial score (nSPS) is 10.5. The fourth-order valence-corrected chi connectivity index (χ4v) is 5.63. The molecular formula is C38H58CaO6. The van der Waals surface area contributed by atoms with E-state index in [9.17, 15) is 24.9 Å². The summed E-state index contributed by atoms with van der Waals surface area (Å²) in [5.41, 5.74) is 1.27. The minimum absolute atomic E-state index is 0. The van der Waals surface area contributed by atoms with Crippen LogP contribution < -0.4 is 10.2 Å². The number of benzene rings is 2. The zero-order chi connectivity index (χ0) is 32.4. The van der Waals surface area contributed by atoms with Crippen molar-refractivity contribution in [2.45, 2.75) is 155 Å². The molecule has 0 bridgehead atoms. The molecule has 0 saturated heterocycles. The van der Waals surface area contributed by atoms with Crippen LogP contribution in [0, 0.1) is 0 Å². The molecule has 248 valence electrons. The van der Waals surface area contributed by atoms with Crippen LogP contribution in [-0.4, -0.2) is 59.9 Å². The molecule has 6 nitrogen and oxygen atoms in total. The summed E-state index contributed by atoms with van der Waals surface area (Å²) in [6.07, 6.45) is 25.9. The Morgan fingerprint density at radius 3 is 1.38 bits per heavy atom. The zero-order valence-corrected chi connectivity index (χ0v) is 30.5. The van der Waals surface area contributed by atoms with Crippen molar-refractivity contribution in [1.82, 2.24) is 0 Å². The largest absolute Gasteiger partial charge is 2.00 e. The number of carbonyl (C=O) groups excluding carboxylic acids is 1. The van der Waals surface area contributed by atoms with E-state index in [0.29, 0.717) is 24.0 Å². The standard InChI is InChI=1S/2C19H30O3.Ca/c2*1-2-3-4-5-6-7-8-9-10-11-13-16-17(19(21)22)14-12-15-18(16)20;/h2*12,14-15,20H,2-11,13H2,1H3,(H,21,22);/q;;+2/p-2. The molecule has 0 aliphatic heterocycles. The van der Waals surface area contributed by atoms with Crippen LogP contribution in [0.15, 0.2) is 36.4 Å². The number of aromatic carboxylic acids is 2. The Labute approximate surface area is 303 Å². The van der Waals surface area contributed by atoms with Gasteiger partial charge in [-0.1, -0.05) is 154 Å². The summed E-state index contributed by atoms with van der Waals surface area (Å²) < 4.78 is 0. The van der Waals surface area contributed by atoms with E-state index < -0.39 is 11.9 Å². The number of hydrogen-bond acceptors (Lipinski definition) is 5. The van der Waals surface area contributed by atoms with Gasteiger partial charge in [-0.3, -0.25) is 0 Å². The second kappa shape index (κ2) is 28.5. The van der Waals surface area contributed by atoms with Crippen LogP contribution in [0.4, 0.5) is 0 Å². The number of hydrogen-bond donors (Lipinski definition) is 2. The molecule has 0 aliphatic carbocycles. The van der Waals surface area contributed by atoms with E-state index >= 15 is 0 Å². The maximum absolute atomic E-state index is 11.7. The van der Waals surface area contributed by atoms with Gasteiger partial charge in [0.1, 0.15) is 5.75 Å². The molecule has 0 spiro atoms. The van der Waals surface area contributed by atoms with E-state index in [0.717, 1.165) is 32.1 Å². The maximum Gasteiger partial charge on any atom is 2.00 e. The molecule has 0 aliphatic rings. The van der Waals surface area contributed by atoms with Gasteiger partial charge in [-0.25, -0.2) is 4.79 Å². The molecule has 0 unspecified atom stereocenters. The Bertz CT molecular complexity index is 971. The average Bonchev–Trinajstić information content (AvgIpc) is 3.00. The van der Waals surface area contributed by atoms with E-state index in [2.05, 4.69) is 13.8 Å². The molecule has 0 aromatic heterocycles. The van der Waals surface area contributed by atoms with E-state index in [-0.39, 0.29) is 60.4 Å². The molecule has 0 fully saturated rings. The Kier molecular flexibility index (Phi) is 27.3. The second-order valence-electron chi connectivity index (χ2n) is 12.0. The van der Waals surface area contributed by atoms with Crippen LogP contribution in [0.3, 0.4) is 0 Å². The first-order valence-electron chi connectivity index (χ1n) is 17.4. The third kappa shape index (κ3) is 20.2. The molecule has 0 saturated carbocycles. The number of unbranched alkanes of at least 4 members (excludes halogenated alkanes) is 18. The van der Waals surface area contributed by atoms with Crippen molar-refractivity contribution in [2.24, 2.45) is 0 Å². The van der Waals surface area contributed by atoms with Crippen LogP contribution in [0.25, 0.3) is 0 Å². The Balaban J connectivity index is 0.000000842. The van der Waals surface area contributed by atoms with Gasteiger partial charge in [0.2, 0.25) is 0 Å². The Morgan fingerprint density at radius 1 is 0.578 bits per heavy atom. The first-order valence-corrected chi connectivity index (χ1v) is 17.4. The summed E-state index contributed by atoms with van der Waals surface area (Å²) in [5, 5.41) is 41.7. The van der Waals surface area contributed by atoms with Gasteiger partial charge in [0, 0.05) is 5.56 Å². The maximum atomic E-state index is 11.7. The van der Waals surface area contributed by atoms with Gasteiger partial charge < -0.3 is 25.2 Å². The fraction of sp³-hybridized carbons (Fsp3) is 0.632. The summed E-state index contributed by atoms with van der Waals surface area (Å²) in [4.78, 5) is 22.2. The van der Waals surface area contributed by atoms with E-state index in [4.69, 9.17) is 5.11 Å². The number of rotatable bonds is 24. The summed E-state index contributed by atoms with van der Waals surface area (Å²) in [6.45, 7) is 4.46. The number of phenols is 1. The van der Waals surface area contributed by atoms with Crippen molar-refractivity contribution < 1.29 is 30.0 Å². The van der Waals surface area contributed by atoms with Crippen molar-refractivity contribution in [2.75, 3.05) is 0 Å². The molecule has 0 heterocycles. The number of aromatic hydroxyl groups is 1. The van der Waals surface area contributed by atoms with Crippen molar-refractivity contribution >= 4 is 49.7 Å². The topological polar surface area (TPSA) is 121 Å². The van der Waals surface area contributed by atoms with Crippen molar-refractivity contribution in [3.8, 4) is 11.5 Å². The van der Waals surface area contributed by atoms with Crippen molar-refractivity contribution in [3.63, 3.8) is 0 Å². The average molecular weight is 651 g/mol. The third-order valence-electron chi connectivity index (χ3n) is 8.30. The molecular weight excluding hydrogens is 592 g/mol. The molecule has 0 radical (unpaired) electrons. The zero-order valence-electron chi connectivity index (χ0n) is 28.3. The minimum atomic E-state index is -1.25. The van der Waals surface area contributed by atoms with Crippen LogP contribution in [0.1, 0.15) is 174 Å². The molecule has 2 N–H and O–H groups in total. The van der Waals surface area contributed by atoms with Gasteiger partial charge >= 0.3 is 43.7 Å². The summed E-state index contributed by atoms with van der Waals surface area (Å²) in [7, 11) is 0. The van der Waals surface area contributed by atoms with E-state index in [1.165, 1.54) is 115 Å². The van der Waals surface area contributed by atoms with Crippen LogP contribution in [0.2, 0.25) is 0 Å². The number of carbonyl (C=O) groups is 2. The predicted molar refractivity (Wildman–Crippen MR) is 182 cm³/mol. The van der Waals surface area contributed by atoms with E-state index in [1.54, 1.807) is 18.2 Å². The predicted octanol–water partition coefficient (Wildman–Crippen LogP) is 8.76. The first kappa shape index (κ1) is 43.2. The van der Waals surface area contributed by atoms with Gasteiger partial charge in [0.15, 0.2) is 0 Å². The minimum Gasteiger partial charge on any atom is -0.872 e. The molecule has 2 aromatic carbocycles. The molecule has 45 heavy (non-hydrogen) atoms. The molecule has 7 heteroatoms. The number of carboxylic acid groups (broad SMARTS) is 2. The SMILES string of the molecule is CCCCCCCCCCCCc1c(O)cccc1C(=O)O.CCCCCCCCCCCCc1c([O-])cccc1C(=O)[O-].[Ca+2]. The Morgan fingerprint density at radius 2 is 0.956 bits per heavy atom. The summed E-state index contributed by atoms with van der Waals surface area (Å²) >= 11 is 0. The number of carboxylic acids is 2. The molecule has 2 aromatic rings. The second-order valence-corrected chi connectivity index (χ2v) is 12.0. The fourth-order valence-electron chi connectivity index (χ4n) is 5.63. The third-order valence-corrected chi connectivity index (χ3v) is 8.30. The van der Waals surface area contributed by atoms with Gasteiger partial charge in [0.05, 0.1) is 11.5 Å². The first-order chi connectivity index (χ1) is 21.3. The van der Waals surface area contributed by atoms with E-state index in [1.807, 2.05) is 0 Å². The monoisotopic (exact) mass is 650 g/mol. The molecule has 0 amide bonds. The van der Waals surface area contributed by atoms with Gasteiger partial charge in [0.25, 0.3) is 0 Å². The van der Waals surface area contributed by atoms with Crippen LogP contribution in [0.5, 0.6) is 11.5 Å². The number of phenolic OH excluding ortho intramolecular Hbond substituents is 1. The van der Waals surface area contributed by atoms with Gasteiger partial charge in [-0.15, -0.1) is 5.75 Å². The van der Waals surface area contributed by atoms with Gasteiger partial charge in [-0.2, -0.15) is 0 Å². The molecule has 0 atom stereocenters. The van der Waals surface area contributed by atoms with Crippen molar-refractivity contribution in [1.29, 1.82) is 0 Å². The van der Waals surface area contributed by atoms with Crippen molar-refractivity contribution in [3.05, 3.63) is 58.7 Å². The van der Waals surface area contributed by atoms with Crippen LogP contribution in [-0.2, 0) is 12.8 Å².